The standard InChI is InChI=1S/C37H31N2O.C20H28NSi.Ir/c1-23(2)30-21-26(25-13-6-5-7-14-25)22-31(24(3)4)35(30)39-33-19-10-9-18-32(33)38-37(39)29-17-12-16-28-27-15-8-11-20-34(27)40-36(28)29;1-14(2)16-8-10-17(11-9-16)19-12-18(15(3)4)20(13-21-19)22(5,6)7;/h5-16,18-24H,1-4H3;8-10,12-15H,1-7H3;/q2*-1;. The summed E-state index contributed by atoms with van der Waals surface area (Å²) in [6.07, 6.45) is 2.11. The summed E-state index contributed by atoms with van der Waals surface area (Å²) in [5.41, 5.74) is 15.8. The molecule has 6 aromatic carbocycles. The van der Waals surface area contributed by atoms with E-state index in [4.69, 9.17) is 14.4 Å². The number of pyridine rings is 1. The zero-order valence-electron chi connectivity index (χ0n) is 38.6. The molecule has 9 rings (SSSR count). The largest absolute Gasteiger partial charge is 0.501 e. The van der Waals surface area contributed by atoms with Gasteiger partial charge in [0.15, 0.2) is 0 Å². The number of nitrogens with zero attached hydrogens (tertiary/aromatic N) is 3. The number of aromatic nitrogens is 3. The van der Waals surface area contributed by atoms with Gasteiger partial charge < -0.3 is 14.0 Å². The van der Waals surface area contributed by atoms with Crippen LogP contribution in [0.25, 0.3) is 72.4 Å². The predicted molar refractivity (Wildman–Crippen MR) is 266 cm³/mol. The fourth-order valence-electron chi connectivity index (χ4n) is 8.57. The van der Waals surface area contributed by atoms with Gasteiger partial charge in [0.05, 0.1) is 30.5 Å². The first kappa shape index (κ1) is 45.6. The first-order valence-electron chi connectivity index (χ1n) is 22.3. The molecule has 0 N–H and O–H groups in total. The minimum absolute atomic E-state index is 0. The molecule has 63 heavy (non-hydrogen) atoms. The van der Waals surface area contributed by atoms with Gasteiger partial charge in [0, 0.05) is 37.4 Å². The molecular weight excluding hydrogens is 963 g/mol. The number of furan rings is 1. The number of benzene rings is 6. The molecule has 323 valence electrons. The van der Waals surface area contributed by atoms with Gasteiger partial charge in [-0.2, -0.15) is 0 Å². The molecule has 0 amide bonds. The second-order valence-corrected chi connectivity index (χ2v) is 23.9. The summed E-state index contributed by atoms with van der Waals surface area (Å²) in [5.74, 6) is 2.52. The van der Waals surface area contributed by atoms with E-state index in [0.29, 0.717) is 23.7 Å². The SMILES string of the molecule is CC(C)c1c[c-]c(-c2cc(C(C)C)c([Si](C)(C)C)cn2)cc1.CC(C)c1cc(-c2ccccc2)cc(C(C)C)c1-n1c(-c2[c-]ccc3c2oc2ccccc23)nc2ccccc21.[Ir]. The van der Waals surface area contributed by atoms with Crippen LogP contribution in [0.3, 0.4) is 0 Å². The minimum atomic E-state index is -1.36. The van der Waals surface area contributed by atoms with Gasteiger partial charge in [0.1, 0.15) is 5.58 Å². The molecule has 9 aromatic rings. The van der Waals surface area contributed by atoms with Crippen molar-refractivity contribution in [2.45, 2.75) is 98.7 Å². The Labute approximate surface area is 389 Å². The molecule has 0 spiro atoms. The van der Waals surface area contributed by atoms with E-state index in [1.807, 2.05) is 18.2 Å². The van der Waals surface area contributed by atoms with Crippen LogP contribution in [0.2, 0.25) is 19.6 Å². The quantitative estimate of drug-likeness (QED) is 0.107. The smallest absolute Gasteiger partial charge is 0.120 e. The van der Waals surface area contributed by atoms with Crippen molar-refractivity contribution in [2.24, 2.45) is 0 Å². The molecule has 0 aliphatic heterocycles. The number of fused-ring (bicyclic) bond motifs is 4. The fourth-order valence-corrected chi connectivity index (χ4v) is 10.2. The van der Waals surface area contributed by atoms with Crippen LogP contribution in [0.15, 0.2) is 138 Å². The molecule has 0 bridgehead atoms. The maximum absolute atomic E-state index is 6.47. The van der Waals surface area contributed by atoms with E-state index in [2.05, 4.69) is 207 Å². The first-order chi connectivity index (χ1) is 29.7. The third kappa shape index (κ3) is 9.18. The molecule has 1 radical (unpaired) electrons. The van der Waals surface area contributed by atoms with Crippen LogP contribution >= 0.6 is 0 Å². The van der Waals surface area contributed by atoms with Gasteiger partial charge in [0.2, 0.25) is 0 Å². The van der Waals surface area contributed by atoms with E-state index in [1.165, 1.54) is 44.3 Å². The van der Waals surface area contributed by atoms with Crippen molar-refractivity contribution in [3.63, 3.8) is 0 Å². The number of hydrogen-bond donors (Lipinski definition) is 0. The van der Waals surface area contributed by atoms with Gasteiger partial charge in [-0.15, -0.1) is 53.6 Å². The normalized spacial score (nSPS) is 11.9. The van der Waals surface area contributed by atoms with E-state index < -0.39 is 8.07 Å². The van der Waals surface area contributed by atoms with Crippen molar-refractivity contribution in [1.82, 2.24) is 14.5 Å². The van der Waals surface area contributed by atoms with Gasteiger partial charge >= 0.3 is 0 Å². The number of imidazole rings is 1. The molecule has 0 fully saturated rings. The Hall–Kier alpha value is -5.39. The Bertz CT molecular complexity index is 2980. The van der Waals surface area contributed by atoms with Crippen LogP contribution in [0.4, 0.5) is 0 Å². The monoisotopic (exact) mass is 1020 g/mol. The maximum Gasteiger partial charge on any atom is 0.120 e. The van der Waals surface area contributed by atoms with E-state index in [0.717, 1.165) is 55.6 Å². The van der Waals surface area contributed by atoms with Crippen molar-refractivity contribution >= 4 is 46.2 Å². The van der Waals surface area contributed by atoms with Crippen molar-refractivity contribution in [3.8, 4) is 39.5 Å². The summed E-state index contributed by atoms with van der Waals surface area (Å²) in [6.45, 7) is 25.2. The molecule has 3 aromatic heterocycles. The van der Waals surface area contributed by atoms with Gasteiger partial charge in [-0.25, -0.2) is 0 Å². The Morgan fingerprint density at radius 1 is 0.619 bits per heavy atom. The van der Waals surface area contributed by atoms with E-state index in [9.17, 15) is 0 Å². The van der Waals surface area contributed by atoms with E-state index in [-0.39, 0.29) is 20.1 Å². The number of hydrogen-bond acceptors (Lipinski definition) is 3. The van der Waals surface area contributed by atoms with Gasteiger partial charge in [-0.1, -0.05) is 164 Å². The van der Waals surface area contributed by atoms with Crippen molar-refractivity contribution in [2.75, 3.05) is 0 Å². The zero-order chi connectivity index (χ0) is 43.9. The summed E-state index contributed by atoms with van der Waals surface area (Å²) < 4.78 is 8.83. The Morgan fingerprint density at radius 2 is 1.27 bits per heavy atom. The molecule has 0 aliphatic carbocycles. The van der Waals surface area contributed by atoms with Crippen LogP contribution in [-0.2, 0) is 20.1 Å². The Morgan fingerprint density at radius 3 is 1.90 bits per heavy atom. The van der Waals surface area contributed by atoms with Crippen molar-refractivity contribution in [3.05, 3.63) is 168 Å². The summed E-state index contributed by atoms with van der Waals surface area (Å²) in [5, 5.41) is 3.66. The van der Waals surface area contributed by atoms with Gasteiger partial charge in [-0.05, 0) is 81.2 Å². The fraction of sp³-hybridized carbons (Fsp3) is 0.263. The van der Waals surface area contributed by atoms with E-state index >= 15 is 0 Å². The van der Waals surface area contributed by atoms with Crippen molar-refractivity contribution < 1.29 is 24.5 Å². The molecule has 0 unspecified atom stereocenters. The maximum atomic E-state index is 6.47. The third-order valence-corrected chi connectivity index (χ3v) is 14.0. The van der Waals surface area contributed by atoms with Crippen LogP contribution in [0, 0.1) is 12.1 Å². The average Bonchev–Trinajstić information content (AvgIpc) is 3.85. The molecule has 3 heterocycles. The predicted octanol–water partition coefficient (Wildman–Crippen LogP) is 15.6. The zero-order valence-corrected chi connectivity index (χ0v) is 42.0. The first-order valence-corrected chi connectivity index (χ1v) is 25.8. The molecule has 0 atom stereocenters. The van der Waals surface area contributed by atoms with Crippen molar-refractivity contribution in [1.29, 1.82) is 0 Å². The summed E-state index contributed by atoms with van der Waals surface area (Å²) in [7, 11) is -1.36. The molecule has 0 saturated heterocycles. The molecule has 4 nitrogen and oxygen atoms in total. The third-order valence-electron chi connectivity index (χ3n) is 12.0. The average molecular weight is 1020 g/mol. The number of rotatable bonds is 9. The van der Waals surface area contributed by atoms with Crippen LogP contribution in [-0.4, -0.2) is 22.6 Å². The topological polar surface area (TPSA) is 43.9 Å². The Kier molecular flexibility index (Phi) is 13.6. The van der Waals surface area contributed by atoms with Crippen LogP contribution < -0.4 is 5.19 Å². The second-order valence-electron chi connectivity index (χ2n) is 18.9. The molecular formula is C57H59IrN3OSi-2. The van der Waals surface area contributed by atoms with Crippen LogP contribution in [0.5, 0.6) is 0 Å². The van der Waals surface area contributed by atoms with Crippen LogP contribution in [0.1, 0.15) is 101 Å². The minimum Gasteiger partial charge on any atom is -0.501 e. The van der Waals surface area contributed by atoms with Gasteiger partial charge in [0.25, 0.3) is 0 Å². The van der Waals surface area contributed by atoms with Gasteiger partial charge in [-0.3, -0.25) is 4.98 Å². The summed E-state index contributed by atoms with van der Waals surface area (Å²) >= 11 is 0. The second kappa shape index (κ2) is 18.8. The molecule has 6 heteroatoms. The number of para-hydroxylation sites is 3. The summed E-state index contributed by atoms with van der Waals surface area (Å²) in [4.78, 5) is 9.97. The summed E-state index contributed by atoms with van der Waals surface area (Å²) in [6, 6.07) is 51.8. The molecule has 0 aliphatic rings. The van der Waals surface area contributed by atoms with E-state index in [1.54, 1.807) is 0 Å². The molecule has 0 saturated carbocycles. The Balaban J connectivity index is 0.000000221.